The molecule has 0 amide bonds. The number of fused-ring (bicyclic) bond motifs is 2. The minimum Gasteiger partial charge on any atom is -0.483 e. The molecular formula is C24H26O9. The van der Waals surface area contributed by atoms with Crippen molar-refractivity contribution in [2.45, 2.75) is 82.8 Å². The predicted molar refractivity (Wildman–Crippen MR) is 114 cm³/mol. The first-order chi connectivity index (χ1) is 15.3. The summed E-state index contributed by atoms with van der Waals surface area (Å²) in [5, 5.41) is 0.608. The highest BCUT2D eigenvalue weighted by molar-refractivity contribution is 5.85. The van der Waals surface area contributed by atoms with Crippen LogP contribution in [0.15, 0.2) is 33.5 Å². The van der Waals surface area contributed by atoms with Crippen molar-refractivity contribution in [3.8, 4) is 5.75 Å². The quantitative estimate of drug-likeness (QED) is 0.387. The highest BCUT2D eigenvalue weighted by atomic mass is 16.7. The Kier molecular flexibility index (Phi) is 4.52. The molecule has 9 nitrogen and oxygen atoms in total. The maximum Gasteiger partial charge on any atom is 0.341 e. The molecule has 5 rings (SSSR count). The summed E-state index contributed by atoms with van der Waals surface area (Å²) in [6, 6.07) is 6.20. The van der Waals surface area contributed by atoms with Gasteiger partial charge in [-0.15, -0.1) is 0 Å². The molecule has 1 aromatic heterocycles. The van der Waals surface area contributed by atoms with E-state index in [0.29, 0.717) is 22.3 Å². The fourth-order valence-corrected chi connectivity index (χ4v) is 4.18. The second-order valence-electron chi connectivity index (χ2n) is 9.77. The average Bonchev–Trinajstić information content (AvgIpc) is 3.57. The minimum atomic E-state index is -1.08. The van der Waals surface area contributed by atoms with E-state index in [4.69, 9.17) is 28.1 Å². The molecular weight excluding hydrogens is 432 g/mol. The Morgan fingerprint density at radius 3 is 2.06 bits per heavy atom. The second-order valence-corrected chi connectivity index (χ2v) is 9.77. The molecule has 0 unspecified atom stereocenters. The molecule has 176 valence electrons. The van der Waals surface area contributed by atoms with Gasteiger partial charge in [-0.3, -0.25) is 0 Å². The zero-order valence-electron chi connectivity index (χ0n) is 19.3. The number of ether oxygens (including phenoxy) is 5. The topological polar surface area (TPSA) is 117 Å². The Hall–Kier alpha value is -2.91. The summed E-state index contributed by atoms with van der Waals surface area (Å²) in [4.78, 5) is 37.6. The van der Waals surface area contributed by atoms with Gasteiger partial charge in [-0.2, -0.15) is 0 Å². The van der Waals surface area contributed by atoms with Crippen LogP contribution >= 0.6 is 0 Å². The van der Waals surface area contributed by atoms with Crippen LogP contribution < -0.4 is 10.4 Å². The number of carbonyl (C=O) groups is 2. The SMILES string of the molecule is C[C@H]1O[C@]1(C)C(=O)O[C@@H]1[C@@H](OC(=O)[C@@]2(C)O[C@@H]2C)c2cc3ccc(=O)oc3cc2OC1(C)C. The minimum absolute atomic E-state index is 0.280. The van der Waals surface area contributed by atoms with Crippen molar-refractivity contribution in [1.29, 1.82) is 0 Å². The third kappa shape index (κ3) is 3.41. The smallest absolute Gasteiger partial charge is 0.341 e. The number of hydrogen-bond acceptors (Lipinski definition) is 9. The fourth-order valence-electron chi connectivity index (χ4n) is 4.18. The van der Waals surface area contributed by atoms with Gasteiger partial charge < -0.3 is 28.1 Å². The van der Waals surface area contributed by atoms with Gasteiger partial charge in [-0.1, -0.05) is 0 Å². The first-order valence-corrected chi connectivity index (χ1v) is 10.9. The van der Waals surface area contributed by atoms with E-state index in [1.54, 1.807) is 59.7 Å². The van der Waals surface area contributed by atoms with Gasteiger partial charge >= 0.3 is 17.6 Å². The first kappa shape index (κ1) is 21.9. The summed E-state index contributed by atoms with van der Waals surface area (Å²) in [5.74, 6) is -0.758. The standard InChI is InChI=1S/C24H26O9/c1-11-23(5,31-11)20(26)29-18-14-9-13-7-8-17(25)28-15(13)10-16(14)33-22(3,4)19(18)30-21(27)24(6)12(2)32-24/h7-12,18-19H,1-6H3/t11-,12-,18+,19-,23+,24+/m1/s1. The zero-order chi connectivity index (χ0) is 23.9. The summed E-state index contributed by atoms with van der Waals surface area (Å²) in [6.07, 6.45) is -2.52. The molecule has 0 spiro atoms. The molecule has 1 aromatic carbocycles. The fraction of sp³-hybridized carbons (Fsp3) is 0.542. The van der Waals surface area contributed by atoms with Crippen LogP contribution in [0.5, 0.6) is 5.75 Å². The van der Waals surface area contributed by atoms with Crippen LogP contribution in [0, 0.1) is 0 Å². The molecule has 0 bridgehead atoms. The van der Waals surface area contributed by atoms with Crippen molar-refractivity contribution < 1.29 is 37.7 Å². The Morgan fingerprint density at radius 1 is 0.909 bits per heavy atom. The number of esters is 2. The third-order valence-corrected chi connectivity index (χ3v) is 6.95. The maximum atomic E-state index is 13.0. The molecule has 4 heterocycles. The number of rotatable bonds is 4. The zero-order valence-corrected chi connectivity index (χ0v) is 19.3. The van der Waals surface area contributed by atoms with E-state index in [1.807, 2.05) is 0 Å². The summed E-state index contributed by atoms with van der Waals surface area (Å²) < 4.78 is 34.1. The van der Waals surface area contributed by atoms with E-state index in [2.05, 4.69) is 0 Å². The van der Waals surface area contributed by atoms with Crippen LogP contribution in [0.3, 0.4) is 0 Å². The summed E-state index contributed by atoms with van der Waals surface area (Å²) in [7, 11) is 0. The average molecular weight is 458 g/mol. The second kappa shape index (κ2) is 6.80. The Balaban J connectivity index is 1.58. The maximum absolute atomic E-state index is 13.0. The van der Waals surface area contributed by atoms with Crippen LogP contribution in [0.1, 0.15) is 53.2 Å². The molecule has 0 aliphatic carbocycles. The van der Waals surface area contributed by atoms with Crippen LogP contribution in [-0.2, 0) is 28.5 Å². The number of hydrogen-bond donors (Lipinski definition) is 0. The van der Waals surface area contributed by atoms with E-state index < -0.39 is 46.6 Å². The van der Waals surface area contributed by atoms with Gasteiger partial charge in [0.2, 0.25) is 0 Å². The van der Waals surface area contributed by atoms with Gasteiger partial charge in [0.25, 0.3) is 0 Å². The van der Waals surface area contributed by atoms with Gasteiger partial charge in [0.1, 0.15) is 16.9 Å². The number of benzene rings is 1. The normalized spacial score (nSPS) is 35.8. The monoisotopic (exact) mass is 458 g/mol. The Bertz CT molecular complexity index is 1230. The molecule has 0 N–H and O–H groups in total. The molecule has 2 fully saturated rings. The lowest BCUT2D eigenvalue weighted by Gasteiger charge is -2.43. The number of carbonyl (C=O) groups excluding carboxylic acids is 2. The van der Waals surface area contributed by atoms with Crippen LogP contribution in [0.25, 0.3) is 11.0 Å². The largest absolute Gasteiger partial charge is 0.483 e. The van der Waals surface area contributed by atoms with E-state index in [9.17, 15) is 14.4 Å². The lowest BCUT2D eigenvalue weighted by molar-refractivity contribution is -0.196. The summed E-state index contributed by atoms with van der Waals surface area (Å²) in [6.45, 7) is 10.3. The highest BCUT2D eigenvalue weighted by Gasteiger charge is 2.61. The van der Waals surface area contributed by atoms with Gasteiger partial charge in [0.15, 0.2) is 23.4 Å². The van der Waals surface area contributed by atoms with Gasteiger partial charge in [-0.05, 0) is 53.7 Å². The van der Waals surface area contributed by atoms with Gasteiger partial charge in [0, 0.05) is 23.1 Å². The highest BCUT2D eigenvalue weighted by Crippen LogP contribution is 2.48. The van der Waals surface area contributed by atoms with Crippen LogP contribution in [0.4, 0.5) is 0 Å². The molecule has 3 aliphatic rings. The molecule has 0 radical (unpaired) electrons. The van der Waals surface area contributed by atoms with Crippen molar-refractivity contribution >= 4 is 22.9 Å². The molecule has 33 heavy (non-hydrogen) atoms. The van der Waals surface area contributed by atoms with Gasteiger partial charge in [-0.25, -0.2) is 14.4 Å². The van der Waals surface area contributed by atoms with Crippen LogP contribution in [0.2, 0.25) is 0 Å². The van der Waals surface area contributed by atoms with Crippen molar-refractivity contribution in [3.63, 3.8) is 0 Å². The predicted octanol–water partition coefficient (Wildman–Crippen LogP) is 2.81. The third-order valence-electron chi connectivity index (χ3n) is 6.95. The van der Waals surface area contributed by atoms with Crippen molar-refractivity contribution in [2.24, 2.45) is 0 Å². The molecule has 6 atom stereocenters. The van der Waals surface area contributed by atoms with E-state index >= 15 is 0 Å². The number of epoxide rings is 2. The van der Waals surface area contributed by atoms with E-state index in [-0.39, 0.29) is 12.2 Å². The van der Waals surface area contributed by atoms with E-state index in [1.165, 1.54) is 6.07 Å². The molecule has 9 heteroatoms. The lowest BCUT2D eigenvalue weighted by Crippen LogP contribution is -2.53. The lowest BCUT2D eigenvalue weighted by atomic mass is 9.87. The molecule has 2 aromatic rings. The van der Waals surface area contributed by atoms with Crippen molar-refractivity contribution in [3.05, 3.63) is 40.2 Å². The van der Waals surface area contributed by atoms with Crippen molar-refractivity contribution in [2.75, 3.05) is 0 Å². The van der Waals surface area contributed by atoms with Gasteiger partial charge in [0.05, 0.1) is 12.2 Å². The Morgan fingerprint density at radius 2 is 1.48 bits per heavy atom. The first-order valence-electron chi connectivity index (χ1n) is 10.9. The van der Waals surface area contributed by atoms with Crippen LogP contribution in [-0.4, -0.2) is 47.1 Å². The van der Waals surface area contributed by atoms with Crippen molar-refractivity contribution in [1.82, 2.24) is 0 Å². The van der Waals surface area contributed by atoms with E-state index in [0.717, 1.165) is 0 Å². The summed E-state index contributed by atoms with van der Waals surface area (Å²) in [5.41, 5.74) is -2.88. The molecule has 2 saturated heterocycles. The summed E-state index contributed by atoms with van der Waals surface area (Å²) >= 11 is 0. The molecule has 0 saturated carbocycles. The molecule has 3 aliphatic heterocycles. The Labute approximate surface area is 189 Å².